The van der Waals surface area contributed by atoms with Crippen LogP contribution in [0.4, 0.5) is 34.1 Å². The number of rotatable bonds is 28. The number of furan rings is 1. The van der Waals surface area contributed by atoms with Crippen LogP contribution >= 0.6 is 11.6 Å². The Hall–Kier alpha value is -11.0. The van der Waals surface area contributed by atoms with Crippen LogP contribution in [0.3, 0.4) is 0 Å². The van der Waals surface area contributed by atoms with Gasteiger partial charge in [-0.3, -0.25) is 14.4 Å². The van der Waals surface area contributed by atoms with Gasteiger partial charge in [-0.1, -0.05) is 90.5 Å². The van der Waals surface area contributed by atoms with Crippen molar-refractivity contribution in [2.24, 2.45) is 0 Å². The molecule has 1 aromatic heterocycles. The van der Waals surface area contributed by atoms with Crippen molar-refractivity contribution in [3.05, 3.63) is 263 Å². The molecule has 4 heterocycles. The minimum Gasteiger partial charge on any atom is -0.493 e. The third kappa shape index (κ3) is 20.5. The van der Waals surface area contributed by atoms with Gasteiger partial charge in [-0.05, 0) is 257 Å². The molecular weight excluding hydrogens is 1410 g/mol. The number of methoxy groups -OCH3 is 3. The van der Waals surface area contributed by atoms with Crippen molar-refractivity contribution in [1.29, 1.82) is 0 Å². The van der Waals surface area contributed by atoms with E-state index < -0.39 is 0 Å². The third-order valence-electron chi connectivity index (χ3n) is 21.9. The molecule has 3 saturated heterocycles. The Labute approximate surface area is 657 Å². The van der Waals surface area contributed by atoms with Crippen molar-refractivity contribution < 1.29 is 52.0 Å². The highest BCUT2D eigenvalue weighted by molar-refractivity contribution is 6.30. The number of nitrogens with one attached hydrogen (secondary N) is 3. The van der Waals surface area contributed by atoms with Crippen LogP contribution in [0.2, 0.25) is 5.02 Å². The maximum atomic E-state index is 13.2. The van der Waals surface area contributed by atoms with Crippen molar-refractivity contribution >= 4 is 63.4 Å². The quantitative estimate of drug-likeness (QED) is 0.0395. The lowest BCUT2D eigenvalue weighted by Gasteiger charge is -2.20. The number of hydrogen-bond donors (Lipinski definition) is 3. The predicted molar refractivity (Wildman–Crippen MR) is 441 cm³/mol. The monoisotopic (exact) mass is 1510 g/mol. The normalized spacial score (nSPS) is 17.8. The molecule has 6 aliphatic rings. The molecule has 6 fully saturated rings. The second kappa shape index (κ2) is 37.6. The maximum Gasteiger partial charge on any atom is 0.227 e. The molecule has 3 saturated carbocycles. The number of aryl methyl sites for hydroxylation is 1. The van der Waals surface area contributed by atoms with Crippen molar-refractivity contribution in [3.63, 3.8) is 0 Å². The first-order chi connectivity index (χ1) is 54.4. The van der Waals surface area contributed by atoms with E-state index in [1.807, 2.05) is 148 Å². The third-order valence-corrected chi connectivity index (χ3v) is 22.2. The summed E-state index contributed by atoms with van der Waals surface area (Å²) < 4.78 is 46.9. The lowest BCUT2D eigenvalue weighted by Crippen LogP contribution is -2.24. The lowest BCUT2D eigenvalue weighted by molar-refractivity contribution is -0.118. The van der Waals surface area contributed by atoms with Gasteiger partial charge in [0.1, 0.15) is 17.3 Å². The zero-order valence-corrected chi connectivity index (χ0v) is 64.6. The van der Waals surface area contributed by atoms with Gasteiger partial charge in [0.25, 0.3) is 0 Å². The molecule has 18 heteroatoms. The van der Waals surface area contributed by atoms with Gasteiger partial charge in [-0.25, -0.2) is 0 Å². The highest BCUT2D eigenvalue weighted by atomic mass is 35.5. The first kappa shape index (κ1) is 76.7. The Kier molecular flexibility index (Phi) is 26.0. The first-order valence-corrected chi connectivity index (χ1v) is 39.9. The van der Waals surface area contributed by atoms with Gasteiger partial charge in [0, 0.05) is 109 Å². The van der Waals surface area contributed by atoms with Crippen molar-refractivity contribution in [2.45, 2.75) is 158 Å². The second-order valence-corrected chi connectivity index (χ2v) is 30.1. The summed E-state index contributed by atoms with van der Waals surface area (Å²) in [6.45, 7) is 4.06. The molecule has 3 unspecified atom stereocenters. The van der Waals surface area contributed by atoms with Gasteiger partial charge in [0.05, 0.1) is 52.4 Å². The number of nitrogens with zero attached hydrogens (tertiary/aromatic N) is 3. The van der Waals surface area contributed by atoms with E-state index in [0.717, 1.165) is 166 Å². The van der Waals surface area contributed by atoms with Crippen LogP contribution in [-0.4, -0.2) is 83.5 Å². The molecule has 3 amide bonds. The molecule has 111 heavy (non-hydrogen) atoms. The van der Waals surface area contributed by atoms with E-state index in [1.54, 1.807) is 27.6 Å². The summed E-state index contributed by atoms with van der Waals surface area (Å²) in [6, 6.07) is 72.2. The smallest absolute Gasteiger partial charge is 0.227 e. The highest BCUT2D eigenvalue weighted by Gasteiger charge is 2.36. The second-order valence-electron chi connectivity index (χ2n) is 29.7. The van der Waals surface area contributed by atoms with E-state index in [1.165, 1.54) is 44.1 Å². The molecule has 0 bridgehead atoms. The van der Waals surface area contributed by atoms with E-state index >= 15 is 0 Å². The van der Waals surface area contributed by atoms with E-state index in [2.05, 4.69) is 101 Å². The Morgan fingerprint density at radius 2 is 0.820 bits per heavy atom. The molecule has 0 radical (unpaired) electrons. The van der Waals surface area contributed by atoms with E-state index in [0.29, 0.717) is 57.0 Å². The Morgan fingerprint density at radius 1 is 0.396 bits per heavy atom. The van der Waals surface area contributed by atoms with Gasteiger partial charge < -0.3 is 68.2 Å². The molecule has 17 nitrogen and oxygen atoms in total. The van der Waals surface area contributed by atoms with Crippen LogP contribution in [0, 0.1) is 0 Å². The van der Waals surface area contributed by atoms with E-state index in [4.69, 9.17) is 49.2 Å². The summed E-state index contributed by atoms with van der Waals surface area (Å²) in [6.07, 6.45) is 19.8. The fraction of sp³-hybridized carbons (Fsp3) is 0.344. The molecule has 3 atom stereocenters. The zero-order valence-electron chi connectivity index (χ0n) is 63.8. The van der Waals surface area contributed by atoms with Crippen molar-refractivity contribution in [2.75, 3.05) is 78.2 Å². The van der Waals surface area contributed by atoms with E-state index in [-0.39, 0.29) is 53.8 Å². The molecule has 16 rings (SSSR count). The van der Waals surface area contributed by atoms with Crippen LogP contribution in [0.1, 0.15) is 154 Å². The molecule has 3 N–H and O–H groups in total. The van der Waals surface area contributed by atoms with Crippen molar-refractivity contribution in [3.8, 4) is 46.0 Å². The maximum absolute atomic E-state index is 13.2. The fourth-order valence-corrected chi connectivity index (χ4v) is 16.0. The largest absolute Gasteiger partial charge is 0.493 e. The molecule has 576 valence electrons. The Morgan fingerprint density at radius 3 is 1.25 bits per heavy atom. The van der Waals surface area contributed by atoms with Crippen LogP contribution in [0.5, 0.6) is 46.0 Å². The van der Waals surface area contributed by atoms with Gasteiger partial charge in [0.2, 0.25) is 17.7 Å². The van der Waals surface area contributed by atoms with Crippen LogP contribution in [0.15, 0.2) is 229 Å². The lowest BCUT2D eigenvalue weighted by atomic mass is 9.98. The van der Waals surface area contributed by atoms with Gasteiger partial charge in [-0.15, -0.1) is 0 Å². The summed E-state index contributed by atoms with van der Waals surface area (Å²) >= 11 is 5.98. The van der Waals surface area contributed by atoms with Gasteiger partial charge in [-0.2, -0.15) is 0 Å². The van der Waals surface area contributed by atoms with Crippen LogP contribution in [0.25, 0.3) is 0 Å². The van der Waals surface area contributed by atoms with Gasteiger partial charge in [0.15, 0.2) is 34.5 Å². The summed E-state index contributed by atoms with van der Waals surface area (Å²) in [7, 11) is 5.02. The first-order valence-electron chi connectivity index (χ1n) is 39.5. The molecule has 3 aliphatic carbocycles. The fourth-order valence-electron chi connectivity index (χ4n) is 15.9. The predicted octanol–water partition coefficient (Wildman–Crippen LogP) is 20.9. The molecule has 3 aliphatic heterocycles. The number of carbonyl (C=O) groups is 3. The highest BCUT2D eigenvalue weighted by Crippen LogP contribution is 2.43. The van der Waals surface area contributed by atoms with Gasteiger partial charge >= 0.3 is 0 Å². The van der Waals surface area contributed by atoms with Crippen LogP contribution < -0.4 is 63.8 Å². The number of amides is 3. The standard InChI is InChI=1S/C35H35ClN2O4.C31H36N2O3.C27H30N2O4/c1-40-33-17-12-25(19-34(33)42-30-9-2-3-10-30)26-20-35(39)38(23-26)29-8-5-7-28(21-29)37-22-24-6-4-11-32(18-24)41-31-15-13-27(36)14-16-31;1-35-29-17-16-24(19-30(29)36-28-14-5-6-15-28)25-20-31(34)33(22-25)27-13-7-12-26(21-27)32-18-8-11-23-9-3-2-4-10-23;1-31-25-12-11-19(14-26(25)33-23-8-2-3-9-23)20-15-27(30)29(18-20)22-7-4-6-21(16-22)28-17-24-10-5-13-32-24/h4-8,11-19,21,26,30,37H,2-3,9-10,20,22-23H2,1H3;2-4,7,9-10,12-13,16-17,19,21,25,28,32H,5-6,8,11,14-15,18,20,22H2,1H3;4-7,10-14,16,20,23,28H,2-3,8-9,15,17-18H2,1H3. The number of benzene rings is 9. The number of halogens is 1. The Balaban J connectivity index is 0.000000140. The molecule has 10 aromatic rings. The number of ether oxygens (including phenoxy) is 7. The van der Waals surface area contributed by atoms with Crippen LogP contribution in [-0.2, 0) is 33.9 Å². The SMILES string of the molecule is COc1ccc(C2CC(=O)N(c3cccc(NCCCc4ccccc4)c3)C2)cc1OC1CCCC1.COc1ccc(C2CC(=O)N(c3cccc(NCc4cccc(Oc5ccc(Cl)cc5)c4)c3)C2)cc1OC1CCCC1.COc1ccc(C2CC(=O)N(c3cccc(NCc4ccco4)c3)C2)cc1OC1CCCC1. The average Bonchev–Trinajstić information content (AvgIpc) is 1.68. The number of carbonyl (C=O) groups excluding carboxylic acids is 3. The summed E-state index contributed by atoms with van der Waals surface area (Å²) in [5, 5.41) is 11.1. The summed E-state index contributed by atoms with van der Waals surface area (Å²) in [5.41, 5.74) is 11.5. The summed E-state index contributed by atoms with van der Waals surface area (Å²) in [4.78, 5) is 44.8. The average molecular weight is 1510 g/mol. The minimum absolute atomic E-state index is 0.0920. The van der Waals surface area contributed by atoms with E-state index in [9.17, 15) is 14.4 Å². The zero-order chi connectivity index (χ0) is 76.3. The molecular formula is C93H101ClN6O11. The number of anilines is 6. The Bertz CT molecular complexity index is 4710. The topological polar surface area (TPSA) is 175 Å². The van der Waals surface area contributed by atoms with Crippen molar-refractivity contribution in [1.82, 2.24) is 0 Å². The molecule has 0 spiro atoms. The summed E-state index contributed by atoms with van der Waals surface area (Å²) in [5.74, 6) is 7.76. The number of hydrogen-bond acceptors (Lipinski definition) is 14. The minimum atomic E-state index is 0.0920. The molecule has 9 aromatic carbocycles.